The zero-order valence-corrected chi connectivity index (χ0v) is 14.2. The Morgan fingerprint density at radius 3 is 2.56 bits per heavy atom. The van der Waals surface area contributed by atoms with E-state index in [0.717, 1.165) is 5.56 Å². The Bertz CT molecular complexity index is 969. The van der Waals surface area contributed by atoms with Crippen LogP contribution in [0.15, 0.2) is 47.4 Å². The van der Waals surface area contributed by atoms with E-state index in [4.69, 9.17) is 9.92 Å². The van der Waals surface area contributed by atoms with Crippen molar-refractivity contribution in [1.82, 2.24) is 0 Å². The minimum atomic E-state index is -4.14. The molecule has 0 saturated heterocycles. The molecule has 1 aliphatic heterocycles. The van der Waals surface area contributed by atoms with Gasteiger partial charge in [-0.2, -0.15) is 8.42 Å². The average Bonchev–Trinajstić information content (AvgIpc) is 2.98. The molecule has 0 spiro atoms. The predicted octanol–water partition coefficient (Wildman–Crippen LogP) is 1.46. The maximum absolute atomic E-state index is 12.5. The maximum Gasteiger partial charge on any atom is 0.339 e. The molecule has 1 heterocycles. The summed E-state index contributed by atoms with van der Waals surface area (Å²) in [6.45, 7) is 1.98. The normalized spacial score (nSPS) is 13.4. The molecule has 0 fully saturated rings. The van der Waals surface area contributed by atoms with Gasteiger partial charge in [-0.15, -0.1) is 0 Å². The minimum Gasteiger partial charge on any atom is -0.378 e. The van der Waals surface area contributed by atoms with E-state index in [2.05, 4.69) is 0 Å². The maximum atomic E-state index is 12.5. The molecular weight excluding hydrogens is 344 g/mol. The van der Waals surface area contributed by atoms with Crippen LogP contribution in [0, 0.1) is 0 Å². The third-order valence-corrected chi connectivity index (χ3v) is 5.20. The average molecular weight is 360 g/mol. The molecule has 25 heavy (non-hydrogen) atoms. The lowest BCUT2D eigenvalue weighted by molar-refractivity contribution is -0.116. The summed E-state index contributed by atoms with van der Waals surface area (Å²) in [5.74, 6) is -1.00. The quantitative estimate of drug-likeness (QED) is 0.831. The number of anilines is 1. The molecule has 0 aromatic heterocycles. The molecule has 7 nitrogen and oxygen atoms in total. The Labute approximate surface area is 145 Å². The van der Waals surface area contributed by atoms with Gasteiger partial charge >= 0.3 is 10.1 Å². The highest BCUT2D eigenvalue weighted by molar-refractivity contribution is 7.87. The Kier molecular flexibility index (Phi) is 4.22. The lowest BCUT2D eigenvalue weighted by atomic mass is 10.2. The van der Waals surface area contributed by atoms with Crippen molar-refractivity contribution in [2.24, 2.45) is 5.73 Å². The third-order valence-electron chi connectivity index (χ3n) is 3.97. The van der Waals surface area contributed by atoms with Crippen LogP contribution >= 0.6 is 0 Å². The predicted molar refractivity (Wildman–Crippen MR) is 90.9 cm³/mol. The van der Waals surface area contributed by atoms with Gasteiger partial charge < -0.3 is 14.8 Å². The molecule has 2 amide bonds. The van der Waals surface area contributed by atoms with Crippen molar-refractivity contribution in [1.29, 1.82) is 0 Å². The van der Waals surface area contributed by atoms with Crippen LogP contribution in [0.5, 0.6) is 5.75 Å². The molecule has 1 aliphatic rings. The summed E-state index contributed by atoms with van der Waals surface area (Å²) >= 11 is 0. The molecule has 2 aromatic rings. The second-order valence-corrected chi connectivity index (χ2v) is 7.16. The van der Waals surface area contributed by atoms with E-state index >= 15 is 0 Å². The minimum absolute atomic E-state index is 0.0185. The molecule has 8 heteroatoms. The molecular formula is C17H16N2O5S. The second kappa shape index (κ2) is 6.21. The highest BCUT2D eigenvalue weighted by Crippen LogP contribution is 2.31. The molecule has 0 unspecified atom stereocenters. The van der Waals surface area contributed by atoms with Crippen molar-refractivity contribution >= 4 is 27.6 Å². The van der Waals surface area contributed by atoms with Crippen molar-refractivity contribution in [3.8, 4) is 5.75 Å². The Morgan fingerprint density at radius 2 is 1.88 bits per heavy atom. The SMILES string of the molecule is CC(=O)N1CCc2cc(S(=O)(=O)Oc3ccccc3C(N)=O)ccc21. The van der Waals surface area contributed by atoms with Gasteiger partial charge in [0.25, 0.3) is 5.91 Å². The lowest BCUT2D eigenvalue weighted by Gasteiger charge is -2.15. The summed E-state index contributed by atoms with van der Waals surface area (Å²) in [6, 6.07) is 10.3. The molecule has 2 N–H and O–H groups in total. The van der Waals surface area contributed by atoms with Crippen LogP contribution in [-0.2, 0) is 21.3 Å². The van der Waals surface area contributed by atoms with Crippen LogP contribution in [0.25, 0.3) is 0 Å². The van der Waals surface area contributed by atoms with Gasteiger partial charge in [0.15, 0.2) is 5.75 Å². The van der Waals surface area contributed by atoms with E-state index < -0.39 is 16.0 Å². The number of hydrogen-bond donors (Lipinski definition) is 1. The number of hydrogen-bond acceptors (Lipinski definition) is 5. The molecule has 0 saturated carbocycles. The zero-order valence-electron chi connectivity index (χ0n) is 13.4. The van der Waals surface area contributed by atoms with Gasteiger partial charge in [-0.25, -0.2) is 0 Å². The number of fused-ring (bicyclic) bond motifs is 1. The summed E-state index contributed by atoms with van der Waals surface area (Å²) in [7, 11) is -4.14. The first-order valence-electron chi connectivity index (χ1n) is 7.54. The van der Waals surface area contributed by atoms with Crippen LogP contribution < -0.4 is 14.8 Å². The fourth-order valence-electron chi connectivity index (χ4n) is 2.77. The molecule has 2 aromatic carbocycles. The van der Waals surface area contributed by atoms with Crippen LogP contribution in [0.2, 0.25) is 0 Å². The summed E-state index contributed by atoms with van der Waals surface area (Å²) in [6.07, 6.45) is 0.566. The van der Waals surface area contributed by atoms with Gasteiger partial charge in [0, 0.05) is 19.2 Å². The molecule has 0 atom stereocenters. The van der Waals surface area contributed by atoms with Gasteiger partial charge in [-0.3, -0.25) is 9.59 Å². The first kappa shape index (κ1) is 17.0. The first-order valence-corrected chi connectivity index (χ1v) is 8.95. The number of para-hydroxylation sites is 1. The number of primary amides is 1. The number of carbonyl (C=O) groups excluding carboxylic acids is 2. The smallest absolute Gasteiger partial charge is 0.339 e. The van der Waals surface area contributed by atoms with Gasteiger partial charge in [-0.1, -0.05) is 12.1 Å². The van der Waals surface area contributed by atoms with Gasteiger partial charge in [0.05, 0.1) is 5.56 Å². The highest BCUT2D eigenvalue weighted by atomic mass is 32.2. The third kappa shape index (κ3) is 3.20. The first-order chi connectivity index (χ1) is 11.8. The van der Waals surface area contributed by atoms with Gasteiger partial charge in [-0.05, 0) is 42.3 Å². The molecule has 0 radical (unpaired) electrons. The summed E-state index contributed by atoms with van der Waals surface area (Å²) in [4.78, 5) is 24.5. The lowest BCUT2D eigenvalue weighted by Crippen LogP contribution is -2.25. The number of nitrogens with zero attached hydrogens (tertiary/aromatic N) is 1. The van der Waals surface area contributed by atoms with E-state index in [1.54, 1.807) is 23.1 Å². The zero-order chi connectivity index (χ0) is 18.2. The summed E-state index contributed by atoms with van der Waals surface area (Å²) in [5.41, 5.74) is 6.67. The van der Waals surface area contributed by atoms with E-state index in [1.807, 2.05) is 0 Å². The summed E-state index contributed by atoms with van der Waals surface area (Å²) in [5, 5.41) is 0. The van der Waals surface area contributed by atoms with Crippen molar-refractivity contribution in [2.75, 3.05) is 11.4 Å². The van der Waals surface area contributed by atoms with E-state index in [1.165, 1.54) is 31.2 Å². The van der Waals surface area contributed by atoms with E-state index in [0.29, 0.717) is 18.7 Å². The number of rotatable bonds is 4. The molecule has 0 aliphatic carbocycles. The van der Waals surface area contributed by atoms with E-state index in [-0.39, 0.29) is 22.1 Å². The Hall–Kier alpha value is -2.87. The van der Waals surface area contributed by atoms with E-state index in [9.17, 15) is 18.0 Å². The van der Waals surface area contributed by atoms with Crippen molar-refractivity contribution in [3.05, 3.63) is 53.6 Å². The number of amides is 2. The monoisotopic (exact) mass is 360 g/mol. The van der Waals surface area contributed by atoms with Crippen LogP contribution in [-0.4, -0.2) is 26.8 Å². The highest BCUT2D eigenvalue weighted by Gasteiger charge is 2.26. The fraction of sp³-hybridized carbons (Fsp3) is 0.176. The van der Waals surface area contributed by atoms with Gasteiger partial charge in [0.1, 0.15) is 4.90 Å². The van der Waals surface area contributed by atoms with Crippen LogP contribution in [0.1, 0.15) is 22.8 Å². The number of nitrogens with two attached hydrogens (primary N) is 1. The van der Waals surface area contributed by atoms with Crippen molar-refractivity contribution in [2.45, 2.75) is 18.2 Å². The Morgan fingerprint density at radius 1 is 1.16 bits per heavy atom. The molecule has 3 rings (SSSR count). The van der Waals surface area contributed by atoms with Gasteiger partial charge in [0.2, 0.25) is 5.91 Å². The van der Waals surface area contributed by atoms with Crippen LogP contribution in [0.4, 0.5) is 5.69 Å². The standard InChI is InChI=1S/C17H16N2O5S/c1-11(20)19-9-8-12-10-13(6-7-15(12)19)25(22,23)24-16-5-3-2-4-14(16)17(18)21/h2-7,10H,8-9H2,1H3,(H2,18,21). The fourth-order valence-corrected chi connectivity index (χ4v) is 3.77. The summed E-state index contributed by atoms with van der Waals surface area (Å²) < 4.78 is 30.2. The topological polar surface area (TPSA) is 107 Å². The van der Waals surface area contributed by atoms with Crippen molar-refractivity contribution in [3.63, 3.8) is 0 Å². The Balaban J connectivity index is 1.95. The molecule has 130 valence electrons. The number of carbonyl (C=O) groups is 2. The second-order valence-electron chi connectivity index (χ2n) is 5.61. The largest absolute Gasteiger partial charge is 0.378 e. The molecule has 0 bridgehead atoms. The van der Waals surface area contributed by atoms with Crippen LogP contribution in [0.3, 0.4) is 0 Å². The van der Waals surface area contributed by atoms with Crippen molar-refractivity contribution < 1.29 is 22.2 Å². The number of benzene rings is 2.